The van der Waals surface area contributed by atoms with Crippen LogP contribution >= 0.6 is 0 Å². The van der Waals surface area contributed by atoms with Gasteiger partial charge in [0.1, 0.15) is 18.3 Å². The van der Waals surface area contributed by atoms with Gasteiger partial charge in [-0.1, -0.05) is 24.3 Å². The lowest BCUT2D eigenvalue weighted by Gasteiger charge is -2.30. The number of fused-ring (bicyclic) bond motifs is 1. The van der Waals surface area contributed by atoms with E-state index in [0.717, 1.165) is 11.1 Å². The average Bonchev–Trinajstić information content (AvgIpc) is 3.50. The van der Waals surface area contributed by atoms with Crippen molar-refractivity contribution in [2.24, 2.45) is 11.8 Å². The number of likely N-dealkylation sites (tertiary alicyclic amines) is 2. The number of carbonyl (C=O) groups is 2. The number of carbonyl (C=O) groups excluding carboxylic acids is 2. The van der Waals surface area contributed by atoms with Crippen LogP contribution in [0.4, 0.5) is 0 Å². The third-order valence-electron chi connectivity index (χ3n) is 6.29. The van der Waals surface area contributed by atoms with Gasteiger partial charge >= 0.3 is 0 Å². The molecule has 7 heteroatoms. The highest BCUT2D eigenvalue weighted by Crippen LogP contribution is 2.46. The Bertz CT molecular complexity index is 1070. The predicted octanol–water partition coefficient (Wildman–Crippen LogP) is 2.96. The van der Waals surface area contributed by atoms with Gasteiger partial charge in [-0.05, 0) is 30.2 Å². The lowest BCUT2D eigenvalue weighted by Crippen LogP contribution is -2.37. The largest absolute Gasteiger partial charge is 0.472 e. The Morgan fingerprint density at radius 2 is 1.93 bits per heavy atom. The van der Waals surface area contributed by atoms with Crippen LogP contribution in [0.5, 0.6) is 0 Å². The SMILES string of the molecule is Cc1ccccc1[C@@H]1[C@H]2CN(C(=O)c3ccncn3)C[C@H]2CN1C(=O)c1ccoc1. The molecule has 4 heterocycles. The number of hydrogen-bond donors (Lipinski definition) is 0. The first kappa shape index (κ1) is 18.5. The maximum absolute atomic E-state index is 13.2. The number of amides is 2. The van der Waals surface area contributed by atoms with Crippen LogP contribution in [0.25, 0.3) is 0 Å². The van der Waals surface area contributed by atoms with Gasteiger partial charge in [-0.15, -0.1) is 0 Å². The summed E-state index contributed by atoms with van der Waals surface area (Å²) in [6, 6.07) is 11.4. The van der Waals surface area contributed by atoms with Crippen LogP contribution in [0.3, 0.4) is 0 Å². The highest BCUT2D eigenvalue weighted by atomic mass is 16.3. The molecule has 3 aromatic rings. The molecule has 0 bridgehead atoms. The molecule has 2 aliphatic heterocycles. The standard InChI is InChI=1S/C23H22N4O3/c1-15-4-2-3-5-18(15)21-19-12-26(23(29)20-6-8-24-14-25-20)10-17(19)11-27(21)22(28)16-7-9-30-13-16/h2-9,13-14,17,19,21H,10-12H2,1H3/t17-,19-,21+/m0/s1. The maximum Gasteiger partial charge on any atom is 0.272 e. The number of rotatable bonds is 3. The summed E-state index contributed by atoms with van der Waals surface area (Å²) < 4.78 is 5.14. The van der Waals surface area contributed by atoms with Crippen LogP contribution in [0.15, 0.2) is 65.9 Å². The molecule has 0 unspecified atom stereocenters. The van der Waals surface area contributed by atoms with Crippen molar-refractivity contribution in [3.8, 4) is 0 Å². The van der Waals surface area contributed by atoms with E-state index in [1.54, 1.807) is 18.3 Å². The Morgan fingerprint density at radius 1 is 1.07 bits per heavy atom. The minimum absolute atomic E-state index is 0.0277. The quantitative estimate of drug-likeness (QED) is 0.673. The monoisotopic (exact) mass is 402 g/mol. The molecule has 2 aromatic heterocycles. The van der Waals surface area contributed by atoms with Crippen molar-refractivity contribution in [2.75, 3.05) is 19.6 Å². The van der Waals surface area contributed by atoms with Gasteiger partial charge in [0.15, 0.2) is 0 Å². The van der Waals surface area contributed by atoms with Crippen LogP contribution in [-0.4, -0.2) is 51.2 Å². The fourth-order valence-corrected chi connectivity index (χ4v) is 4.87. The highest BCUT2D eigenvalue weighted by molar-refractivity contribution is 5.95. The molecule has 2 aliphatic rings. The topological polar surface area (TPSA) is 79.5 Å². The molecule has 7 nitrogen and oxygen atoms in total. The zero-order chi connectivity index (χ0) is 20.7. The Balaban J connectivity index is 1.46. The van der Waals surface area contributed by atoms with E-state index in [1.165, 1.54) is 18.9 Å². The Kier molecular flexibility index (Phi) is 4.58. The molecule has 0 aliphatic carbocycles. The smallest absolute Gasteiger partial charge is 0.272 e. The summed E-state index contributed by atoms with van der Waals surface area (Å²) in [6.45, 7) is 3.90. The fraction of sp³-hybridized carbons (Fsp3) is 0.304. The van der Waals surface area contributed by atoms with Crippen molar-refractivity contribution in [1.82, 2.24) is 19.8 Å². The van der Waals surface area contributed by atoms with Gasteiger partial charge in [-0.2, -0.15) is 0 Å². The van der Waals surface area contributed by atoms with Crippen LogP contribution in [-0.2, 0) is 0 Å². The third-order valence-corrected chi connectivity index (χ3v) is 6.29. The summed E-state index contributed by atoms with van der Waals surface area (Å²) in [5, 5.41) is 0. The molecule has 0 saturated carbocycles. The van der Waals surface area contributed by atoms with E-state index in [0.29, 0.717) is 30.9 Å². The molecular weight excluding hydrogens is 380 g/mol. The van der Waals surface area contributed by atoms with Gasteiger partial charge < -0.3 is 14.2 Å². The number of nitrogens with zero attached hydrogens (tertiary/aromatic N) is 4. The van der Waals surface area contributed by atoms with E-state index in [-0.39, 0.29) is 29.7 Å². The number of benzene rings is 1. The lowest BCUT2D eigenvalue weighted by molar-refractivity contribution is 0.0674. The van der Waals surface area contributed by atoms with Gasteiger partial charge in [0.25, 0.3) is 11.8 Å². The maximum atomic E-state index is 13.2. The minimum Gasteiger partial charge on any atom is -0.472 e. The van der Waals surface area contributed by atoms with Crippen molar-refractivity contribution in [1.29, 1.82) is 0 Å². The van der Waals surface area contributed by atoms with E-state index in [4.69, 9.17) is 4.42 Å². The minimum atomic E-state index is -0.0817. The zero-order valence-corrected chi connectivity index (χ0v) is 16.6. The first-order valence-electron chi connectivity index (χ1n) is 10.1. The molecular formula is C23H22N4O3. The van der Waals surface area contributed by atoms with E-state index in [2.05, 4.69) is 29.0 Å². The molecule has 2 fully saturated rings. The number of aryl methyl sites for hydroxylation is 1. The second-order valence-corrected chi connectivity index (χ2v) is 8.00. The van der Waals surface area contributed by atoms with Crippen LogP contribution in [0, 0.1) is 18.8 Å². The van der Waals surface area contributed by atoms with Crippen molar-refractivity contribution in [3.05, 3.63) is 83.8 Å². The summed E-state index contributed by atoms with van der Waals surface area (Å²) >= 11 is 0. The summed E-state index contributed by atoms with van der Waals surface area (Å²) in [4.78, 5) is 38.0. The van der Waals surface area contributed by atoms with Crippen LogP contribution < -0.4 is 0 Å². The molecule has 0 spiro atoms. The van der Waals surface area contributed by atoms with Crippen molar-refractivity contribution in [2.45, 2.75) is 13.0 Å². The van der Waals surface area contributed by atoms with Crippen molar-refractivity contribution < 1.29 is 14.0 Å². The van der Waals surface area contributed by atoms with Crippen LogP contribution in [0.1, 0.15) is 38.0 Å². The van der Waals surface area contributed by atoms with Crippen LogP contribution in [0.2, 0.25) is 0 Å². The van der Waals surface area contributed by atoms with E-state index in [9.17, 15) is 9.59 Å². The Labute approximate surface area is 174 Å². The fourth-order valence-electron chi connectivity index (χ4n) is 4.87. The molecule has 0 radical (unpaired) electrons. The second kappa shape index (κ2) is 7.40. The van der Waals surface area contributed by atoms with Gasteiger partial charge in [-0.3, -0.25) is 9.59 Å². The summed E-state index contributed by atoms with van der Waals surface area (Å²) in [5.41, 5.74) is 3.25. The van der Waals surface area contributed by atoms with Gasteiger partial charge in [-0.25, -0.2) is 9.97 Å². The van der Waals surface area contributed by atoms with Gasteiger partial charge in [0, 0.05) is 37.7 Å². The Hall–Kier alpha value is -3.48. The van der Waals surface area contributed by atoms with Crippen molar-refractivity contribution >= 4 is 11.8 Å². The number of aromatic nitrogens is 2. The third kappa shape index (κ3) is 3.07. The van der Waals surface area contributed by atoms with E-state index in [1.807, 2.05) is 21.9 Å². The summed E-state index contributed by atoms with van der Waals surface area (Å²) in [5.74, 6) is 0.284. The molecule has 152 valence electrons. The molecule has 30 heavy (non-hydrogen) atoms. The molecule has 0 N–H and O–H groups in total. The number of furan rings is 1. The predicted molar refractivity (Wildman–Crippen MR) is 109 cm³/mol. The molecule has 2 amide bonds. The first-order chi connectivity index (χ1) is 14.6. The molecule has 5 rings (SSSR count). The molecule has 3 atom stereocenters. The molecule has 1 aromatic carbocycles. The van der Waals surface area contributed by atoms with E-state index < -0.39 is 0 Å². The van der Waals surface area contributed by atoms with Crippen molar-refractivity contribution in [3.63, 3.8) is 0 Å². The zero-order valence-electron chi connectivity index (χ0n) is 16.6. The lowest BCUT2D eigenvalue weighted by atomic mass is 9.87. The number of hydrogen-bond acceptors (Lipinski definition) is 5. The van der Waals surface area contributed by atoms with Gasteiger partial charge in [0.2, 0.25) is 0 Å². The molecule has 2 saturated heterocycles. The average molecular weight is 402 g/mol. The normalized spacial score (nSPS) is 22.9. The Morgan fingerprint density at radius 3 is 2.67 bits per heavy atom. The first-order valence-corrected chi connectivity index (χ1v) is 10.1. The highest BCUT2D eigenvalue weighted by Gasteiger charge is 2.50. The summed E-state index contributed by atoms with van der Waals surface area (Å²) in [7, 11) is 0. The van der Waals surface area contributed by atoms with E-state index >= 15 is 0 Å². The second-order valence-electron chi connectivity index (χ2n) is 8.00. The van der Waals surface area contributed by atoms with Gasteiger partial charge in [0.05, 0.1) is 17.9 Å². The summed E-state index contributed by atoms with van der Waals surface area (Å²) in [6.07, 6.45) is 6.00.